The quantitative estimate of drug-likeness (QED) is 0.310. The second kappa shape index (κ2) is 9.38. The van der Waals surface area contributed by atoms with Crippen LogP contribution in [-0.4, -0.2) is 15.3 Å². The Morgan fingerprint density at radius 3 is 2.63 bits per heavy atom. The summed E-state index contributed by atoms with van der Waals surface area (Å²) in [5.74, 6) is 0.757. The molecular formula is C22H23N3OS. The van der Waals surface area contributed by atoms with Crippen molar-refractivity contribution in [1.82, 2.24) is 9.55 Å². The van der Waals surface area contributed by atoms with Gasteiger partial charge < -0.3 is 0 Å². The van der Waals surface area contributed by atoms with Gasteiger partial charge in [-0.2, -0.15) is 5.26 Å². The standard InChI is InChI=1S/C22H23N3OS/c1-2-3-8-17-11-13-18(14-12-17)25-21(26)19-9-4-5-10-20(19)24-22(25)27-16-7-6-15-23/h4-5,9-14H,2-3,6-8,16H2,1H3. The number of aromatic nitrogens is 2. The van der Waals surface area contributed by atoms with Crippen LogP contribution in [0.2, 0.25) is 0 Å². The molecule has 1 heterocycles. The molecule has 0 aliphatic rings. The Morgan fingerprint density at radius 2 is 1.89 bits per heavy atom. The van der Waals surface area contributed by atoms with Crippen molar-refractivity contribution in [2.24, 2.45) is 0 Å². The molecule has 0 bridgehead atoms. The van der Waals surface area contributed by atoms with Crippen LogP contribution in [-0.2, 0) is 6.42 Å². The van der Waals surface area contributed by atoms with Crippen molar-refractivity contribution in [3.63, 3.8) is 0 Å². The highest BCUT2D eigenvalue weighted by Crippen LogP contribution is 2.22. The Morgan fingerprint density at radius 1 is 1.11 bits per heavy atom. The molecule has 0 radical (unpaired) electrons. The molecular weight excluding hydrogens is 354 g/mol. The van der Waals surface area contributed by atoms with Gasteiger partial charge in [0, 0.05) is 12.2 Å². The largest absolute Gasteiger partial charge is 0.268 e. The summed E-state index contributed by atoms with van der Waals surface area (Å²) in [6.07, 6.45) is 4.67. The first-order valence-electron chi connectivity index (χ1n) is 9.35. The maximum absolute atomic E-state index is 13.2. The van der Waals surface area contributed by atoms with Crippen LogP contribution in [0.25, 0.3) is 16.6 Å². The van der Waals surface area contributed by atoms with E-state index in [1.807, 2.05) is 36.4 Å². The van der Waals surface area contributed by atoms with Crippen LogP contribution in [0.4, 0.5) is 0 Å². The average molecular weight is 378 g/mol. The van der Waals surface area contributed by atoms with Gasteiger partial charge >= 0.3 is 0 Å². The summed E-state index contributed by atoms with van der Waals surface area (Å²) in [6.45, 7) is 2.19. The number of hydrogen-bond acceptors (Lipinski definition) is 4. The molecule has 5 heteroatoms. The van der Waals surface area contributed by atoms with E-state index in [4.69, 9.17) is 10.2 Å². The molecule has 0 spiro atoms. The smallest absolute Gasteiger partial charge is 0.266 e. The van der Waals surface area contributed by atoms with E-state index in [2.05, 4.69) is 25.1 Å². The van der Waals surface area contributed by atoms with Gasteiger partial charge in [0.2, 0.25) is 0 Å². The predicted molar refractivity (Wildman–Crippen MR) is 112 cm³/mol. The van der Waals surface area contributed by atoms with E-state index in [1.165, 1.54) is 23.7 Å². The lowest BCUT2D eigenvalue weighted by atomic mass is 10.1. The number of para-hydroxylation sites is 1. The lowest BCUT2D eigenvalue weighted by molar-refractivity contribution is 0.791. The molecule has 0 atom stereocenters. The maximum Gasteiger partial charge on any atom is 0.266 e. The van der Waals surface area contributed by atoms with E-state index < -0.39 is 0 Å². The van der Waals surface area contributed by atoms with Gasteiger partial charge in [-0.05, 0) is 49.1 Å². The minimum absolute atomic E-state index is 0.0512. The zero-order valence-electron chi connectivity index (χ0n) is 15.5. The summed E-state index contributed by atoms with van der Waals surface area (Å²) < 4.78 is 1.70. The Balaban J connectivity index is 2.02. The second-order valence-corrected chi connectivity index (χ2v) is 7.49. The second-order valence-electron chi connectivity index (χ2n) is 6.43. The van der Waals surface area contributed by atoms with E-state index in [1.54, 1.807) is 4.57 Å². The third-order valence-corrected chi connectivity index (χ3v) is 5.45. The van der Waals surface area contributed by atoms with Gasteiger partial charge in [-0.15, -0.1) is 0 Å². The lowest BCUT2D eigenvalue weighted by Crippen LogP contribution is -2.21. The fraction of sp³-hybridized carbons (Fsp3) is 0.318. The fourth-order valence-corrected chi connectivity index (χ4v) is 3.90. The number of nitrogens with zero attached hydrogens (tertiary/aromatic N) is 3. The van der Waals surface area contributed by atoms with Gasteiger partial charge in [0.25, 0.3) is 5.56 Å². The molecule has 0 aliphatic carbocycles. The predicted octanol–water partition coefficient (Wildman–Crippen LogP) is 5.12. The topological polar surface area (TPSA) is 58.7 Å². The molecule has 0 amide bonds. The van der Waals surface area contributed by atoms with Crippen molar-refractivity contribution >= 4 is 22.7 Å². The van der Waals surface area contributed by atoms with Crippen LogP contribution >= 0.6 is 11.8 Å². The van der Waals surface area contributed by atoms with E-state index >= 15 is 0 Å². The molecule has 1 aromatic heterocycles. The molecule has 3 rings (SSSR count). The summed E-state index contributed by atoms with van der Waals surface area (Å²) in [6, 6.07) is 17.8. The first-order valence-corrected chi connectivity index (χ1v) is 10.3. The van der Waals surface area contributed by atoms with Gasteiger partial charge in [0.15, 0.2) is 5.16 Å². The minimum Gasteiger partial charge on any atom is -0.268 e. The Kier molecular flexibility index (Phi) is 6.67. The van der Waals surface area contributed by atoms with Gasteiger partial charge in [-0.3, -0.25) is 9.36 Å². The molecule has 0 aliphatic heterocycles. The van der Waals surface area contributed by atoms with Crippen molar-refractivity contribution in [3.8, 4) is 11.8 Å². The van der Waals surface area contributed by atoms with E-state index in [0.29, 0.717) is 22.5 Å². The summed E-state index contributed by atoms with van der Waals surface area (Å²) in [7, 11) is 0. The molecule has 0 fully saturated rings. The normalized spacial score (nSPS) is 10.8. The highest BCUT2D eigenvalue weighted by Gasteiger charge is 2.13. The number of rotatable bonds is 8. The van der Waals surface area contributed by atoms with Crippen LogP contribution in [0.3, 0.4) is 0 Å². The first-order chi connectivity index (χ1) is 13.2. The van der Waals surface area contributed by atoms with Crippen LogP contribution in [0, 0.1) is 11.3 Å². The van der Waals surface area contributed by atoms with Crippen molar-refractivity contribution in [1.29, 1.82) is 5.26 Å². The highest BCUT2D eigenvalue weighted by molar-refractivity contribution is 7.99. The van der Waals surface area contributed by atoms with Crippen LogP contribution < -0.4 is 5.56 Å². The Bertz CT molecular complexity index is 1000. The highest BCUT2D eigenvalue weighted by atomic mass is 32.2. The van der Waals surface area contributed by atoms with E-state index in [9.17, 15) is 4.79 Å². The maximum atomic E-state index is 13.2. The molecule has 3 aromatic rings. The third kappa shape index (κ3) is 4.58. The molecule has 0 unspecified atom stereocenters. The molecule has 27 heavy (non-hydrogen) atoms. The van der Waals surface area contributed by atoms with Crippen molar-refractivity contribution < 1.29 is 0 Å². The number of thioether (sulfide) groups is 1. The molecule has 0 saturated heterocycles. The van der Waals surface area contributed by atoms with Gasteiger partial charge in [-0.25, -0.2) is 4.98 Å². The number of benzene rings is 2. The number of fused-ring (bicyclic) bond motifs is 1. The fourth-order valence-electron chi connectivity index (χ4n) is 2.94. The lowest BCUT2D eigenvalue weighted by Gasteiger charge is -2.13. The Labute approximate surface area is 163 Å². The van der Waals surface area contributed by atoms with Crippen LogP contribution in [0.15, 0.2) is 58.5 Å². The number of nitriles is 1. The zero-order chi connectivity index (χ0) is 19.1. The SMILES string of the molecule is CCCCc1ccc(-n2c(SCCCC#N)nc3ccccc3c2=O)cc1. The zero-order valence-corrected chi connectivity index (χ0v) is 16.3. The summed E-state index contributed by atoms with van der Waals surface area (Å²) in [4.78, 5) is 17.9. The van der Waals surface area contributed by atoms with Crippen molar-refractivity contribution in [2.45, 2.75) is 44.2 Å². The monoisotopic (exact) mass is 377 g/mol. The molecule has 0 saturated carbocycles. The molecule has 4 nitrogen and oxygen atoms in total. The molecule has 138 valence electrons. The van der Waals surface area contributed by atoms with E-state index in [0.717, 1.165) is 30.7 Å². The van der Waals surface area contributed by atoms with Crippen LogP contribution in [0.1, 0.15) is 38.2 Å². The third-order valence-electron chi connectivity index (χ3n) is 4.42. The van der Waals surface area contributed by atoms with Crippen molar-refractivity contribution in [2.75, 3.05) is 5.75 Å². The van der Waals surface area contributed by atoms with Crippen LogP contribution in [0.5, 0.6) is 0 Å². The average Bonchev–Trinajstić information content (AvgIpc) is 2.70. The van der Waals surface area contributed by atoms with E-state index in [-0.39, 0.29) is 5.56 Å². The first kappa shape index (κ1) is 19.2. The van der Waals surface area contributed by atoms with Gasteiger partial charge in [-0.1, -0.05) is 49.4 Å². The number of hydrogen-bond donors (Lipinski definition) is 0. The minimum atomic E-state index is -0.0512. The number of unbranched alkanes of at least 4 members (excludes halogenated alkanes) is 2. The summed E-state index contributed by atoms with van der Waals surface area (Å²) in [5.41, 5.74) is 2.78. The molecule has 2 aromatic carbocycles. The summed E-state index contributed by atoms with van der Waals surface area (Å²) in [5, 5.41) is 10.0. The summed E-state index contributed by atoms with van der Waals surface area (Å²) >= 11 is 1.53. The number of aryl methyl sites for hydroxylation is 1. The van der Waals surface area contributed by atoms with Gasteiger partial charge in [0.05, 0.1) is 22.7 Å². The van der Waals surface area contributed by atoms with Crippen molar-refractivity contribution in [3.05, 3.63) is 64.4 Å². The van der Waals surface area contributed by atoms with Gasteiger partial charge in [0.1, 0.15) is 0 Å². The Hall–Kier alpha value is -2.58. The molecule has 0 N–H and O–H groups in total.